The number of halogens is 1. The number of carbonyl (C=O) groups excluding carboxylic acids is 1. The van der Waals surface area contributed by atoms with Gasteiger partial charge in [0.15, 0.2) is 0 Å². The molecule has 0 radical (unpaired) electrons. The number of nitrogens with zero attached hydrogens (tertiary/aromatic N) is 1. The third-order valence-corrected chi connectivity index (χ3v) is 2.56. The Morgan fingerprint density at radius 3 is 2.75 bits per heavy atom. The maximum Gasteiger partial charge on any atom is 0.253 e. The van der Waals surface area contributed by atoms with Crippen molar-refractivity contribution < 1.29 is 19.4 Å². The number of rotatable bonds is 4. The van der Waals surface area contributed by atoms with Crippen molar-refractivity contribution in [1.29, 1.82) is 0 Å². The molecule has 1 rings (SSSR count). The Kier molecular flexibility index (Phi) is 6.16. The Labute approximate surface area is 117 Å². The minimum absolute atomic E-state index is 0.0741. The molecule has 0 aliphatic heterocycles. The van der Waals surface area contributed by atoms with Crippen LogP contribution in [-0.2, 0) is 0 Å². The monoisotopic (exact) mass is 279 g/mol. The first-order valence-electron chi connectivity index (χ1n) is 6.28. The van der Waals surface area contributed by atoms with Gasteiger partial charge in [0.2, 0.25) is 0 Å². The van der Waals surface area contributed by atoms with Crippen molar-refractivity contribution in [3.63, 3.8) is 0 Å². The number of likely N-dealkylation sites (N-methyl/N-ethyl adjacent to an activating group) is 1. The molecule has 0 aliphatic carbocycles. The summed E-state index contributed by atoms with van der Waals surface area (Å²) in [5.41, 5.74) is 0.395. The Morgan fingerprint density at radius 1 is 1.50 bits per heavy atom. The van der Waals surface area contributed by atoms with Gasteiger partial charge in [0.1, 0.15) is 5.82 Å². The molecule has 1 unspecified atom stereocenters. The number of aliphatic hydroxyl groups excluding tert-OH is 2. The van der Waals surface area contributed by atoms with Gasteiger partial charge < -0.3 is 15.1 Å². The van der Waals surface area contributed by atoms with Gasteiger partial charge in [0.05, 0.1) is 18.3 Å². The first-order valence-corrected chi connectivity index (χ1v) is 6.28. The van der Waals surface area contributed by atoms with Crippen LogP contribution in [0.5, 0.6) is 0 Å². The van der Waals surface area contributed by atoms with Gasteiger partial charge in [0, 0.05) is 25.6 Å². The van der Waals surface area contributed by atoms with Crippen LogP contribution in [-0.4, -0.2) is 47.3 Å². The summed E-state index contributed by atoms with van der Waals surface area (Å²) in [7, 11) is 1.54. The largest absolute Gasteiger partial charge is 0.395 e. The van der Waals surface area contributed by atoms with Gasteiger partial charge in [0.25, 0.3) is 5.91 Å². The highest BCUT2D eigenvalue weighted by molar-refractivity contribution is 5.94. The fourth-order valence-corrected chi connectivity index (χ4v) is 1.66. The van der Waals surface area contributed by atoms with Crippen molar-refractivity contribution >= 4 is 5.91 Å². The van der Waals surface area contributed by atoms with Crippen LogP contribution < -0.4 is 0 Å². The number of aliphatic hydroxyl groups is 2. The van der Waals surface area contributed by atoms with Crippen LogP contribution in [0.2, 0.25) is 0 Å². The van der Waals surface area contributed by atoms with E-state index in [9.17, 15) is 14.3 Å². The number of benzene rings is 1. The van der Waals surface area contributed by atoms with Crippen molar-refractivity contribution in [1.82, 2.24) is 4.90 Å². The zero-order valence-corrected chi connectivity index (χ0v) is 11.6. The van der Waals surface area contributed by atoms with E-state index in [2.05, 4.69) is 11.8 Å². The van der Waals surface area contributed by atoms with E-state index in [1.807, 2.05) is 0 Å². The summed E-state index contributed by atoms with van der Waals surface area (Å²) < 4.78 is 13.8. The summed E-state index contributed by atoms with van der Waals surface area (Å²) in [5.74, 6) is 4.27. The van der Waals surface area contributed by atoms with Gasteiger partial charge in [-0.2, -0.15) is 0 Å². The summed E-state index contributed by atoms with van der Waals surface area (Å²) in [5, 5.41) is 17.8. The molecule has 0 saturated heterocycles. The van der Waals surface area contributed by atoms with Crippen LogP contribution in [0.25, 0.3) is 0 Å². The molecule has 20 heavy (non-hydrogen) atoms. The average Bonchev–Trinajstić information content (AvgIpc) is 2.39. The molecular weight excluding hydrogens is 261 g/mol. The molecule has 0 fully saturated rings. The molecule has 1 amide bonds. The van der Waals surface area contributed by atoms with Crippen LogP contribution >= 0.6 is 0 Å². The van der Waals surface area contributed by atoms with Crippen LogP contribution in [0.3, 0.4) is 0 Å². The molecule has 1 aromatic rings. The summed E-state index contributed by atoms with van der Waals surface area (Å²) in [6.07, 6.45) is -0.366. The highest BCUT2D eigenvalue weighted by Crippen LogP contribution is 2.11. The van der Waals surface area contributed by atoms with Gasteiger partial charge >= 0.3 is 0 Å². The van der Waals surface area contributed by atoms with Crippen LogP contribution in [0.4, 0.5) is 4.39 Å². The molecule has 0 bridgehead atoms. The van der Waals surface area contributed by atoms with Crippen LogP contribution in [0.1, 0.15) is 29.3 Å². The first-order chi connectivity index (χ1) is 9.45. The fourth-order valence-electron chi connectivity index (χ4n) is 1.66. The quantitative estimate of drug-likeness (QED) is 0.809. The summed E-state index contributed by atoms with van der Waals surface area (Å²) in [4.78, 5) is 13.3. The van der Waals surface area contributed by atoms with Crippen molar-refractivity contribution in [2.75, 3.05) is 20.2 Å². The topological polar surface area (TPSA) is 60.8 Å². The van der Waals surface area contributed by atoms with Gasteiger partial charge in [-0.05, 0) is 25.1 Å². The molecule has 108 valence electrons. The summed E-state index contributed by atoms with van der Waals surface area (Å²) >= 11 is 0. The van der Waals surface area contributed by atoms with E-state index in [0.717, 1.165) is 6.07 Å². The molecule has 0 heterocycles. The number of hydrogen-bond donors (Lipinski definition) is 2. The molecule has 0 aliphatic rings. The second kappa shape index (κ2) is 7.63. The van der Waals surface area contributed by atoms with Crippen LogP contribution in [0.15, 0.2) is 18.2 Å². The van der Waals surface area contributed by atoms with Gasteiger partial charge in [-0.1, -0.05) is 11.8 Å². The van der Waals surface area contributed by atoms with E-state index in [1.54, 1.807) is 14.0 Å². The summed E-state index contributed by atoms with van der Waals surface area (Å²) in [6.45, 7) is 1.68. The van der Waals surface area contributed by atoms with Gasteiger partial charge in [-0.3, -0.25) is 4.79 Å². The third kappa shape index (κ3) is 4.65. The lowest BCUT2D eigenvalue weighted by Crippen LogP contribution is -2.33. The lowest BCUT2D eigenvalue weighted by Gasteiger charge is -2.18. The second-order valence-electron chi connectivity index (χ2n) is 4.50. The zero-order valence-electron chi connectivity index (χ0n) is 11.6. The summed E-state index contributed by atoms with van der Waals surface area (Å²) in [6, 6.07) is 4.06. The lowest BCUT2D eigenvalue weighted by molar-refractivity contribution is 0.0703. The first kappa shape index (κ1) is 16.2. The Hall–Kier alpha value is -1.90. The molecule has 1 aromatic carbocycles. The molecule has 2 N–H and O–H groups in total. The maximum atomic E-state index is 13.8. The predicted octanol–water partition coefficient (Wildman–Crippen LogP) is 1.01. The molecule has 1 atom stereocenters. The molecular formula is C15H18FNO3. The minimum Gasteiger partial charge on any atom is -0.395 e. The molecule has 5 heteroatoms. The molecule has 0 spiro atoms. The highest BCUT2D eigenvalue weighted by atomic mass is 19.1. The number of carbonyl (C=O) groups is 1. The minimum atomic E-state index is -0.641. The number of amides is 1. The molecule has 0 aromatic heterocycles. The average molecular weight is 279 g/mol. The standard InChI is InChI=1S/C15H18FNO3/c1-11(19)10-17(2)15(20)13-7-6-12(14(16)9-13)5-3-4-8-18/h6-7,9,11,18-19H,4,8,10H2,1-2H3. The van der Waals surface area contributed by atoms with Crippen molar-refractivity contribution in [3.8, 4) is 11.8 Å². The van der Waals surface area contributed by atoms with Crippen molar-refractivity contribution in [2.24, 2.45) is 0 Å². The predicted molar refractivity (Wildman–Crippen MR) is 73.6 cm³/mol. The fraction of sp³-hybridized carbons (Fsp3) is 0.400. The molecule has 4 nitrogen and oxygen atoms in total. The van der Waals surface area contributed by atoms with E-state index in [-0.39, 0.29) is 36.6 Å². The smallest absolute Gasteiger partial charge is 0.253 e. The van der Waals surface area contributed by atoms with E-state index < -0.39 is 11.9 Å². The Bertz CT molecular complexity index is 532. The maximum absolute atomic E-state index is 13.8. The lowest BCUT2D eigenvalue weighted by atomic mass is 10.1. The van der Waals surface area contributed by atoms with E-state index in [4.69, 9.17) is 5.11 Å². The van der Waals surface area contributed by atoms with Gasteiger partial charge in [-0.15, -0.1) is 0 Å². The zero-order chi connectivity index (χ0) is 15.1. The SMILES string of the molecule is CC(O)CN(C)C(=O)c1ccc(C#CCCO)c(F)c1. The van der Waals surface area contributed by atoms with Crippen molar-refractivity contribution in [2.45, 2.75) is 19.4 Å². The van der Waals surface area contributed by atoms with E-state index >= 15 is 0 Å². The Balaban J connectivity index is 2.87. The van der Waals surface area contributed by atoms with Crippen molar-refractivity contribution in [3.05, 3.63) is 35.1 Å². The number of hydrogen-bond acceptors (Lipinski definition) is 3. The van der Waals surface area contributed by atoms with E-state index in [1.165, 1.54) is 17.0 Å². The third-order valence-electron chi connectivity index (χ3n) is 2.56. The van der Waals surface area contributed by atoms with Crippen LogP contribution in [0, 0.1) is 17.7 Å². The normalized spacial score (nSPS) is 11.4. The molecule has 0 saturated carbocycles. The van der Waals surface area contributed by atoms with E-state index in [0.29, 0.717) is 0 Å². The Morgan fingerprint density at radius 2 is 2.20 bits per heavy atom. The highest BCUT2D eigenvalue weighted by Gasteiger charge is 2.14. The second-order valence-corrected chi connectivity index (χ2v) is 4.50. The van der Waals surface area contributed by atoms with Gasteiger partial charge in [-0.25, -0.2) is 4.39 Å².